The van der Waals surface area contributed by atoms with Crippen molar-refractivity contribution in [1.82, 2.24) is 10.2 Å². The van der Waals surface area contributed by atoms with E-state index in [2.05, 4.69) is 5.32 Å². The van der Waals surface area contributed by atoms with Crippen LogP contribution in [-0.4, -0.2) is 29.8 Å². The van der Waals surface area contributed by atoms with Gasteiger partial charge in [-0.15, -0.1) is 0 Å². The molecule has 0 radical (unpaired) electrons. The first-order valence-corrected chi connectivity index (χ1v) is 6.83. The zero-order chi connectivity index (χ0) is 15.1. The van der Waals surface area contributed by atoms with Gasteiger partial charge in [0.2, 0.25) is 5.91 Å². The lowest BCUT2D eigenvalue weighted by molar-refractivity contribution is -0.157. The highest BCUT2D eigenvalue weighted by Gasteiger charge is 2.50. The van der Waals surface area contributed by atoms with Crippen molar-refractivity contribution in [1.29, 1.82) is 0 Å². The standard InChI is InChI=1S/C16H22N2O2/c1-15(2,3)12-13(19)17-16(4,14(20)18(12)5)11-9-7-6-8-10-11/h6-10,12H,1-5H3,(H,17,19). The van der Waals surface area contributed by atoms with E-state index in [0.29, 0.717) is 0 Å². The van der Waals surface area contributed by atoms with Crippen molar-refractivity contribution < 1.29 is 9.59 Å². The van der Waals surface area contributed by atoms with Crippen LogP contribution in [0.25, 0.3) is 0 Å². The van der Waals surface area contributed by atoms with E-state index < -0.39 is 11.6 Å². The van der Waals surface area contributed by atoms with Gasteiger partial charge in [0, 0.05) is 7.05 Å². The van der Waals surface area contributed by atoms with Gasteiger partial charge < -0.3 is 10.2 Å². The minimum Gasteiger partial charge on any atom is -0.336 e. The van der Waals surface area contributed by atoms with Gasteiger partial charge in [-0.1, -0.05) is 51.1 Å². The van der Waals surface area contributed by atoms with Crippen LogP contribution < -0.4 is 5.32 Å². The molecule has 0 saturated carbocycles. The van der Waals surface area contributed by atoms with Gasteiger partial charge in [-0.3, -0.25) is 9.59 Å². The summed E-state index contributed by atoms with van der Waals surface area (Å²) in [5, 5.41) is 2.92. The molecule has 1 saturated heterocycles. The van der Waals surface area contributed by atoms with Gasteiger partial charge in [-0.25, -0.2) is 0 Å². The molecule has 1 aromatic carbocycles. The van der Waals surface area contributed by atoms with Crippen LogP contribution in [0.3, 0.4) is 0 Å². The first-order chi connectivity index (χ1) is 9.18. The van der Waals surface area contributed by atoms with Crippen LogP contribution in [0.1, 0.15) is 33.3 Å². The fourth-order valence-corrected chi connectivity index (χ4v) is 2.96. The van der Waals surface area contributed by atoms with Crippen LogP contribution in [0.2, 0.25) is 0 Å². The molecule has 4 heteroatoms. The SMILES string of the molecule is CN1C(=O)C(C)(c2ccccc2)NC(=O)C1C(C)(C)C. The highest BCUT2D eigenvalue weighted by molar-refractivity contribution is 6.00. The van der Waals surface area contributed by atoms with Crippen LogP contribution in [-0.2, 0) is 15.1 Å². The maximum Gasteiger partial charge on any atom is 0.253 e. The second-order valence-corrected chi connectivity index (χ2v) is 6.66. The summed E-state index contributed by atoms with van der Waals surface area (Å²) in [6, 6.07) is 8.91. The summed E-state index contributed by atoms with van der Waals surface area (Å²) in [6.07, 6.45) is 0. The number of carbonyl (C=O) groups is 2. The normalized spacial score (nSPS) is 27.4. The Morgan fingerprint density at radius 1 is 1.15 bits per heavy atom. The Morgan fingerprint density at radius 3 is 2.20 bits per heavy atom. The summed E-state index contributed by atoms with van der Waals surface area (Å²) in [6.45, 7) is 7.66. The number of likely N-dealkylation sites (N-methyl/N-ethyl adjacent to an activating group) is 1. The predicted molar refractivity (Wildman–Crippen MR) is 77.9 cm³/mol. The Bertz CT molecular complexity index is 533. The summed E-state index contributed by atoms with van der Waals surface area (Å²) in [5.74, 6) is -0.186. The van der Waals surface area contributed by atoms with Crippen molar-refractivity contribution in [2.45, 2.75) is 39.3 Å². The van der Waals surface area contributed by atoms with E-state index in [9.17, 15) is 9.59 Å². The molecular formula is C16H22N2O2. The summed E-state index contributed by atoms with van der Waals surface area (Å²) < 4.78 is 0. The Labute approximate surface area is 120 Å². The summed E-state index contributed by atoms with van der Waals surface area (Å²) in [7, 11) is 1.71. The number of nitrogens with one attached hydrogen (secondary N) is 1. The number of amides is 2. The molecule has 0 bridgehead atoms. The van der Waals surface area contributed by atoms with Gasteiger partial charge in [-0.05, 0) is 17.9 Å². The Morgan fingerprint density at radius 2 is 1.70 bits per heavy atom. The zero-order valence-corrected chi connectivity index (χ0v) is 12.7. The van der Waals surface area contributed by atoms with E-state index in [0.717, 1.165) is 5.56 Å². The molecule has 1 aliphatic heterocycles. The number of rotatable bonds is 1. The second kappa shape index (κ2) is 4.62. The van der Waals surface area contributed by atoms with Gasteiger partial charge in [0.15, 0.2) is 0 Å². The fourth-order valence-electron chi connectivity index (χ4n) is 2.96. The first kappa shape index (κ1) is 14.6. The van der Waals surface area contributed by atoms with E-state index >= 15 is 0 Å². The van der Waals surface area contributed by atoms with Crippen molar-refractivity contribution in [3.8, 4) is 0 Å². The molecule has 1 N–H and O–H groups in total. The topological polar surface area (TPSA) is 49.4 Å². The smallest absolute Gasteiger partial charge is 0.253 e. The molecule has 1 heterocycles. The molecule has 2 rings (SSSR count). The maximum atomic E-state index is 12.8. The first-order valence-electron chi connectivity index (χ1n) is 6.83. The molecule has 2 amide bonds. The lowest BCUT2D eigenvalue weighted by Crippen LogP contribution is -2.69. The average molecular weight is 274 g/mol. The van der Waals surface area contributed by atoms with E-state index in [1.807, 2.05) is 51.1 Å². The molecule has 108 valence electrons. The van der Waals surface area contributed by atoms with E-state index in [-0.39, 0.29) is 17.2 Å². The molecule has 0 aromatic heterocycles. The third-order valence-electron chi connectivity index (χ3n) is 3.93. The van der Waals surface area contributed by atoms with E-state index in [1.54, 1.807) is 18.9 Å². The predicted octanol–water partition coefficient (Wildman–Crippen LogP) is 1.90. The third-order valence-corrected chi connectivity index (χ3v) is 3.93. The average Bonchev–Trinajstić information content (AvgIpc) is 2.35. The monoisotopic (exact) mass is 274 g/mol. The molecule has 0 aliphatic carbocycles. The Kier molecular flexibility index (Phi) is 3.36. The molecule has 2 unspecified atom stereocenters. The van der Waals surface area contributed by atoms with Crippen molar-refractivity contribution >= 4 is 11.8 Å². The molecule has 0 spiro atoms. The number of piperazine rings is 1. The number of nitrogens with zero attached hydrogens (tertiary/aromatic N) is 1. The summed E-state index contributed by atoms with van der Waals surface area (Å²) in [5.41, 5.74) is -0.487. The number of hydrogen-bond acceptors (Lipinski definition) is 2. The van der Waals surface area contributed by atoms with Crippen LogP contribution in [0, 0.1) is 5.41 Å². The lowest BCUT2D eigenvalue weighted by atomic mass is 9.79. The molecule has 1 fully saturated rings. The molecule has 20 heavy (non-hydrogen) atoms. The van der Waals surface area contributed by atoms with Crippen molar-refractivity contribution in [2.24, 2.45) is 5.41 Å². The number of hydrogen-bond donors (Lipinski definition) is 1. The molecule has 4 nitrogen and oxygen atoms in total. The van der Waals surface area contributed by atoms with Crippen LogP contribution in [0.4, 0.5) is 0 Å². The van der Waals surface area contributed by atoms with E-state index in [1.165, 1.54) is 0 Å². The molecule has 1 aliphatic rings. The van der Waals surface area contributed by atoms with Crippen LogP contribution in [0.5, 0.6) is 0 Å². The van der Waals surface area contributed by atoms with E-state index in [4.69, 9.17) is 0 Å². The van der Waals surface area contributed by atoms with Gasteiger partial charge >= 0.3 is 0 Å². The van der Waals surface area contributed by atoms with Crippen molar-refractivity contribution in [2.75, 3.05) is 7.05 Å². The van der Waals surface area contributed by atoms with Gasteiger partial charge in [0.25, 0.3) is 5.91 Å². The van der Waals surface area contributed by atoms with Crippen LogP contribution >= 0.6 is 0 Å². The Hall–Kier alpha value is -1.84. The lowest BCUT2D eigenvalue weighted by Gasteiger charge is -2.47. The maximum absolute atomic E-state index is 12.8. The fraction of sp³-hybridized carbons (Fsp3) is 0.500. The minimum absolute atomic E-state index is 0.0803. The van der Waals surface area contributed by atoms with Crippen molar-refractivity contribution in [3.05, 3.63) is 35.9 Å². The number of benzene rings is 1. The van der Waals surface area contributed by atoms with Crippen molar-refractivity contribution in [3.63, 3.8) is 0 Å². The largest absolute Gasteiger partial charge is 0.336 e. The molecule has 1 aromatic rings. The highest BCUT2D eigenvalue weighted by atomic mass is 16.2. The van der Waals surface area contributed by atoms with Crippen LogP contribution in [0.15, 0.2) is 30.3 Å². The van der Waals surface area contributed by atoms with Gasteiger partial charge in [-0.2, -0.15) is 0 Å². The van der Waals surface area contributed by atoms with Gasteiger partial charge in [0.1, 0.15) is 11.6 Å². The number of carbonyl (C=O) groups excluding carboxylic acids is 2. The summed E-state index contributed by atoms with van der Waals surface area (Å²) >= 11 is 0. The van der Waals surface area contributed by atoms with Gasteiger partial charge in [0.05, 0.1) is 0 Å². The highest BCUT2D eigenvalue weighted by Crippen LogP contribution is 2.33. The molecule has 2 atom stereocenters. The summed E-state index contributed by atoms with van der Waals surface area (Å²) in [4.78, 5) is 26.8. The third kappa shape index (κ3) is 2.19. The quantitative estimate of drug-likeness (QED) is 0.850. The molecular weight excluding hydrogens is 252 g/mol. The Balaban J connectivity index is 2.43. The zero-order valence-electron chi connectivity index (χ0n) is 12.7. The second-order valence-electron chi connectivity index (χ2n) is 6.66. The minimum atomic E-state index is -0.991.